The molecule has 1 saturated carbocycles. The number of nitrogens with one attached hydrogen (secondary N) is 1. The third kappa shape index (κ3) is 4.42. The van der Waals surface area contributed by atoms with E-state index < -0.39 is 35.4 Å². The highest BCUT2D eigenvalue weighted by Crippen LogP contribution is 2.44. The highest BCUT2D eigenvalue weighted by molar-refractivity contribution is 6.07. The van der Waals surface area contributed by atoms with Gasteiger partial charge < -0.3 is 15.3 Å². The number of benzene rings is 2. The minimum Gasteiger partial charge on any atom is -0.503 e. The van der Waals surface area contributed by atoms with Gasteiger partial charge in [0.1, 0.15) is 0 Å². The summed E-state index contributed by atoms with van der Waals surface area (Å²) in [6.45, 7) is -0.0818. The maximum absolute atomic E-state index is 13.7. The van der Waals surface area contributed by atoms with Gasteiger partial charge >= 0.3 is 6.18 Å². The number of nitrogens with zero attached hydrogens (tertiary/aromatic N) is 1. The third-order valence-corrected chi connectivity index (χ3v) is 7.64. The number of carbonyl (C=O) groups excluding carboxylic acids is 2. The quantitative estimate of drug-likeness (QED) is 0.628. The predicted molar refractivity (Wildman–Crippen MR) is 123 cm³/mol. The minimum atomic E-state index is -4.48. The molecule has 0 spiro atoms. The number of hydrogen-bond donors (Lipinski definition) is 2. The van der Waals surface area contributed by atoms with Crippen LogP contribution < -0.4 is 5.32 Å². The molecular formula is C27H27F3N2O3. The molecule has 2 aromatic carbocycles. The van der Waals surface area contributed by atoms with Gasteiger partial charge in [-0.05, 0) is 73.3 Å². The van der Waals surface area contributed by atoms with E-state index in [2.05, 4.69) is 17.4 Å². The highest BCUT2D eigenvalue weighted by atomic mass is 19.4. The number of rotatable bonds is 4. The second-order valence-corrected chi connectivity index (χ2v) is 9.60. The van der Waals surface area contributed by atoms with Gasteiger partial charge in [0.2, 0.25) is 0 Å². The standard InChI is InChI=1S/C27H27F3N2O3/c28-27(29,30)19-10-6-18-9-13-23(21(18)14-19)32(26(35)22-15-31-25(34)24(22)33)20-11-7-17(8-12-20)16-4-2-1-3-5-16/h1-6,10,14,17,20,23,33H,7-9,11-13,15H2,(H,31,34)/t17-,20-,23-/m0/s1. The van der Waals surface area contributed by atoms with Gasteiger partial charge in [-0.1, -0.05) is 36.4 Å². The van der Waals surface area contributed by atoms with E-state index in [1.54, 1.807) is 4.90 Å². The molecule has 0 bridgehead atoms. The molecule has 1 fully saturated rings. The topological polar surface area (TPSA) is 69.6 Å². The summed E-state index contributed by atoms with van der Waals surface area (Å²) in [5, 5.41) is 12.7. The van der Waals surface area contributed by atoms with Crippen LogP contribution in [0.25, 0.3) is 0 Å². The maximum Gasteiger partial charge on any atom is 0.416 e. The van der Waals surface area contributed by atoms with Crippen LogP contribution in [0.1, 0.15) is 66.3 Å². The van der Waals surface area contributed by atoms with Gasteiger partial charge in [-0.3, -0.25) is 9.59 Å². The summed E-state index contributed by atoms with van der Waals surface area (Å²) in [5.74, 6) is -1.41. The number of halogens is 3. The van der Waals surface area contributed by atoms with Crippen molar-refractivity contribution >= 4 is 11.8 Å². The van der Waals surface area contributed by atoms with Crippen LogP contribution in [-0.4, -0.2) is 34.4 Å². The summed E-state index contributed by atoms with van der Waals surface area (Å²) in [6.07, 6.45) is -0.296. The number of aliphatic hydroxyl groups is 1. The Balaban J connectivity index is 1.47. The molecular weight excluding hydrogens is 457 g/mol. The van der Waals surface area contributed by atoms with Crippen molar-refractivity contribution in [2.24, 2.45) is 0 Å². The largest absolute Gasteiger partial charge is 0.503 e. The molecule has 184 valence electrons. The van der Waals surface area contributed by atoms with E-state index in [-0.39, 0.29) is 18.2 Å². The Hall–Kier alpha value is -3.29. The summed E-state index contributed by atoms with van der Waals surface area (Å²) in [4.78, 5) is 27.2. The minimum absolute atomic E-state index is 0.0133. The molecule has 1 atom stereocenters. The van der Waals surface area contributed by atoms with Gasteiger partial charge in [0, 0.05) is 6.04 Å². The van der Waals surface area contributed by atoms with Crippen molar-refractivity contribution in [3.05, 3.63) is 82.1 Å². The first-order valence-electron chi connectivity index (χ1n) is 12.0. The van der Waals surface area contributed by atoms with Crippen molar-refractivity contribution in [3.8, 4) is 0 Å². The zero-order valence-corrected chi connectivity index (χ0v) is 19.1. The lowest BCUT2D eigenvalue weighted by molar-refractivity contribution is -0.137. The van der Waals surface area contributed by atoms with Crippen molar-refractivity contribution in [2.75, 3.05) is 6.54 Å². The molecule has 5 nitrogen and oxygen atoms in total. The van der Waals surface area contributed by atoms with Crippen LogP contribution in [0.15, 0.2) is 59.9 Å². The third-order valence-electron chi connectivity index (χ3n) is 7.64. The maximum atomic E-state index is 13.7. The van der Waals surface area contributed by atoms with Crippen LogP contribution in [0.5, 0.6) is 0 Å². The summed E-state index contributed by atoms with van der Waals surface area (Å²) in [7, 11) is 0. The Morgan fingerprint density at radius 1 is 1.00 bits per heavy atom. The number of carbonyl (C=O) groups is 2. The number of amides is 2. The Kier molecular flexibility index (Phi) is 6.07. The molecule has 0 radical (unpaired) electrons. The monoisotopic (exact) mass is 484 g/mol. The van der Waals surface area contributed by atoms with Crippen molar-refractivity contribution in [2.45, 2.75) is 62.7 Å². The van der Waals surface area contributed by atoms with Gasteiger partial charge in [-0.2, -0.15) is 13.2 Å². The van der Waals surface area contributed by atoms with E-state index in [0.29, 0.717) is 37.2 Å². The molecule has 0 aromatic heterocycles. The first-order chi connectivity index (χ1) is 16.7. The second-order valence-electron chi connectivity index (χ2n) is 9.60. The van der Waals surface area contributed by atoms with E-state index in [0.717, 1.165) is 30.5 Å². The smallest absolute Gasteiger partial charge is 0.416 e. The number of fused-ring (bicyclic) bond motifs is 1. The van der Waals surface area contributed by atoms with Crippen molar-refractivity contribution < 1.29 is 27.9 Å². The lowest BCUT2D eigenvalue weighted by Gasteiger charge is -2.41. The molecule has 1 aliphatic heterocycles. The Labute approximate surface area is 201 Å². The van der Waals surface area contributed by atoms with Crippen molar-refractivity contribution in [3.63, 3.8) is 0 Å². The number of hydrogen-bond acceptors (Lipinski definition) is 3. The fourth-order valence-electron chi connectivity index (χ4n) is 5.83. The van der Waals surface area contributed by atoms with E-state index in [4.69, 9.17) is 0 Å². The molecule has 2 aromatic rings. The molecule has 3 aliphatic rings. The summed E-state index contributed by atoms with van der Waals surface area (Å²) >= 11 is 0. The Morgan fingerprint density at radius 2 is 1.71 bits per heavy atom. The molecule has 2 amide bonds. The molecule has 0 unspecified atom stereocenters. The molecule has 2 N–H and O–H groups in total. The van der Waals surface area contributed by atoms with E-state index in [1.807, 2.05) is 18.2 Å². The van der Waals surface area contributed by atoms with E-state index >= 15 is 0 Å². The molecule has 35 heavy (non-hydrogen) atoms. The lowest BCUT2D eigenvalue weighted by Crippen LogP contribution is -2.45. The summed E-state index contributed by atoms with van der Waals surface area (Å²) in [6, 6.07) is 13.2. The van der Waals surface area contributed by atoms with Crippen LogP contribution in [0.2, 0.25) is 0 Å². The molecule has 8 heteroatoms. The molecule has 5 rings (SSSR count). The summed E-state index contributed by atoms with van der Waals surface area (Å²) < 4.78 is 40.4. The average molecular weight is 485 g/mol. The summed E-state index contributed by atoms with van der Waals surface area (Å²) in [5.41, 5.74) is 1.81. The molecule has 2 aliphatic carbocycles. The van der Waals surface area contributed by atoms with E-state index in [9.17, 15) is 27.9 Å². The Morgan fingerprint density at radius 3 is 2.34 bits per heavy atom. The van der Waals surface area contributed by atoms with Gasteiger partial charge in [0.15, 0.2) is 5.76 Å². The zero-order chi connectivity index (χ0) is 24.7. The lowest BCUT2D eigenvalue weighted by atomic mass is 9.80. The number of alkyl halides is 3. The zero-order valence-electron chi connectivity index (χ0n) is 19.1. The number of aliphatic hydroxyl groups excluding tert-OH is 1. The van der Waals surface area contributed by atoms with Crippen LogP contribution in [0.4, 0.5) is 13.2 Å². The van der Waals surface area contributed by atoms with Crippen LogP contribution in [-0.2, 0) is 22.2 Å². The van der Waals surface area contributed by atoms with Crippen LogP contribution in [0, 0.1) is 0 Å². The first kappa shape index (κ1) is 23.5. The fourth-order valence-corrected chi connectivity index (χ4v) is 5.83. The number of aryl methyl sites for hydroxylation is 1. The van der Waals surface area contributed by atoms with Gasteiger partial charge in [-0.15, -0.1) is 0 Å². The van der Waals surface area contributed by atoms with Crippen molar-refractivity contribution in [1.82, 2.24) is 10.2 Å². The predicted octanol–water partition coefficient (Wildman–Crippen LogP) is 5.19. The normalized spacial score (nSPS) is 24.3. The van der Waals surface area contributed by atoms with Gasteiger partial charge in [-0.25, -0.2) is 0 Å². The van der Waals surface area contributed by atoms with Crippen LogP contribution >= 0.6 is 0 Å². The van der Waals surface area contributed by atoms with Crippen molar-refractivity contribution in [1.29, 1.82) is 0 Å². The van der Waals surface area contributed by atoms with Gasteiger partial charge in [0.25, 0.3) is 11.8 Å². The Bertz CT molecular complexity index is 1170. The molecule has 1 heterocycles. The highest BCUT2D eigenvalue weighted by Gasteiger charge is 2.42. The van der Waals surface area contributed by atoms with E-state index in [1.165, 1.54) is 11.6 Å². The van der Waals surface area contributed by atoms with Gasteiger partial charge in [0.05, 0.1) is 23.7 Å². The fraction of sp³-hybridized carbons (Fsp3) is 0.407. The average Bonchev–Trinajstić information content (AvgIpc) is 3.42. The second kappa shape index (κ2) is 9.06. The van der Waals surface area contributed by atoms with Crippen LogP contribution in [0.3, 0.4) is 0 Å². The first-order valence-corrected chi connectivity index (χ1v) is 12.0. The SMILES string of the molecule is O=C1NCC(C(=O)N([C@H]2CC[C@H](c3ccccc3)CC2)[C@H]2CCc3ccc(C(F)(F)F)cc32)=C1O. The molecule has 0 saturated heterocycles.